The van der Waals surface area contributed by atoms with Crippen molar-refractivity contribution in [3.63, 3.8) is 0 Å². The molecule has 0 aliphatic rings. The van der Waals surface area contributed by atoms with E-state index in [1.165, 1.54) is 0 Å². The van der Waals surface area contributed by atoms with E-state index in [0.29, 0.717) is 5.56 Å². The molecule has 5 nitrogen and oxygen atoms in total. The van der Waals surface area contributed by atoms with E-state index in [-0.39, 0.29) is 0 Å². The summed E-state index contributed by atoms with van der Waals surface area (Å²) in [7, 11) is 1.64. The molecule has 5 heteroatoms. The van der Waals surface area contributed by atoms with Gasteiger partial charge in [-0.2, -0.15) is 10.4 Å². The zero-order valence-corrected chi connectivity index (χ0v) is 14.1. The molecule has 0 aliphatic heterocycles. The fourth-order valence-corrected chi connectivity index (χ4v) is 2.76. The minimum atomic E-state index is 0.620. The Labute approximate surface area is 150 Å². The molecule has 2 aromatic carbocycles. The zero-order chi connectivity index (χ0) is 17.9. The van der Waals surface area contributed by atoms with Crippen molar-refractivity contribution in [3.05, 3.63) is 78.6 Å². The Hall–Kier alpha value is -3.78. The molecule has 4 rings (SSSR count). The summed E-state index contributed by atoms with van der Waals surface area (Å²) in [5, 5.41) is 13.7. The van der Waals surface area contributed by atoms with Crippen LogP contribution in [0, 0.1) is 11.3 Å². The van der Waals surface area contributed by atoms with E-state index in [0.717, 1.165) is 34.1 Å². The molecule has 2 heterocycles. The lowest BCUT2D eigenvalue weighted by atomic mass is 10.1. The van der Waals surface area contributed by atoms with Gasteiger partial charge in [0.25, 0.3) is 0 Å². The highest BCUT2D eigenvalue weighted by molar-refractivity contribution is 5.68. The summed E-state index contributed by atoms with van der Waals surface area (Å²) < 4.78 is 12.7. The van der Waals surface area contributed by atoms with E-state index in [9.17, 15) is 0 Å². The van der Waals surface area contributed by atoms with Gasteiger partial charge in [-0.3, -0.25) is 0 Å². The van der Waals surface area contributed by atoms with Crippen molar-refractivity contribution < 1.29 is 9.15 Å². The van der Waals surface area contributed by atoms with Crippen LogP contribution in [-0.4, -0.2) is 16.9 Å². The minimum absolute atomic E-state index is 0.620. The van der Waals surface area contributed by atoms with Crippen LogP contribution in [-0.2, 0) is 0 Å². The molecule has 0 bridgehead atoms. The van der Waals surface area contributed by atoms with Crippen molar-refractivity contribution in [2.45, 2.75) is 0 Å². The van der Waals surface area contributed by atoms with Crippen molar-refractivity contribution in [2.75, 3.05) is 7.11 Å². The average molecular weight is 341 g/mol. The summed E-state index contributed by atoms with van der Waals surface area (Å²) >= 11 is 0. The second-order valence-corrected chi connectivity index (χ2v) is 5.69. The van der Waals surface area contributed by atoms with Crippen LogP contribution in [0.4, 0.5) is 0 Å². The van der Waals surface area contributed by atoms with E-state index in [1.54, 1.807) is 25.5 Å². The molecule has 0 spiro atoms. The molecule has 0 atom stereocenters. The SMILES string of the molecule is COc1ccc(-n2nc(-c3ccc(C#N)cc3)cc2-c2ccco2)cc1. The Balaban J connectivity index is 1.83. The zero-order valence-electron chi connectivity index (χ0n) is 14.1. The fraction of sp³-hybridized carbons (Fsp3) is 0.0476. The molecule has 4 aromatic rings. The van der Waals surface area contributed by atoms with Crippen LogP contribution in [0.1, 0.15) is 5.56 Å². The molecule has 126 valence electrons. The van der Waals surface area contributed by atoms with Gasteiger partial charge in [-0.15, -0.1) is 0 Å². The molecular weight excluding hydrogens is 326 g/mol. The van der Waals surface area contributed by atoms with Gasteiger partial charge in [0.2, 0.25) is 0 Å². The Morgan fingerprint density at radius 2 is 1.81 bits per heavy atom. The summed E-state index contributed by atoms with van der Waals surface area (Å²) in [6.07, 6.45) is 1.64. The van der Waals surface area contributed by atoms with Gasteiger partial charge in [0.1, 0.15) is 11.4 Å². The Morgan fingerprint density at radius 1 is 1.04 bits per heavy atom. The normalized spacial score (nSPS) is 10.5. The van der Waals surface area contributed by atoms with Crippen LogP contribution in [0.3, 0.4) is 0 Å². The lowest BCUT2D eigenvalue weighted by molar-refractivity contribution is 0.414. The maximum atomic E-state index is 8.97. The summed E-state index contributed by atoms with van der Waals surface area (Å²) in [6, 6.07) is 22.9. The number of hydrogen-bond donors (Lipinski definition) is 0. The molecule has 26 heavy (non-hydrogen) atoms. The Bertz CT molecular complexity index is 1050. The predicted molar refractivity (Wildman–Crippen MR) is 98.0 cm³/mol. The summed E-state index contributed by atoms with van der Waals surface area (Å²) in [5.74, 6) is 1.51. The number of furan rings is 1. The third-order valence-electron chi connectivity index (χ3n) is 4.11. The predicted octanol–water partition coefficient (Wildman–Crippen LogP) is 4.68. The molecule has 0 unspecified atom stereocenters. The van der Waals surface area contributed by atoms with Crippen molar-refractivity contribution in [3.8, 4) is 40.2 Å². The summed E-state index contributed by atoms with van der Waals surface area (Å²) in [5.41, 5.74) is 4.10. The largest absolute Gasteiger partial charge is 0.497 e. The maximum absolute atomic E-state index is 8.97. The van der Waals surface area contributed by atoms with Crippen molar-refractivity contribution in [1.82, 2.24) is 9.78 Å². The number of nitrogens with zero attached hydrogens (tertiary/aromatic N) is 3. The maximum Gasteiger partial charge on any atom is 0.152 e. The van der Waals surface area contributed by atoms with Crippen LogP contribution in [0.2, 0.25) is 0 Å². The third kappa shape index (κ3) is 2.85. The third-order valence-corrected chi connectivity index (χ3v) is 4.11. The van der Waals surface area contributed by atoms with Gasteiger partial charge in [-0.25, -0.2) is 4.68 Å². The molecule has 0 radical (unpaired) electrons. The van der Waals surface area contributed by atoms with Crippen molar-refractivity contribution in [1.29, 1.82) is 5.26 Å². The number of methoxy groups -OCH3 is 1. The monoisotopic (exact) mass is 341 g/mol. The molecule has 0 aliphatic carbocycles. The summed E-state index contributed by atoms with van der Waals surface area (Å²) in [6.45, 7) is 0. The Morgan fingerprint density at radius 3 is 2.42 bits per heavy atom. The second kappa shape index (κ2) is 6.61. The first-order valence-electron chi connectivity index (χ1n) is 8.07. The summed E-state index contributed by atoms with van der Waals surface area (Å²) in [4.78, 5) is 0. The van der Waals surface area contributed by atoms with Crippen LogP contribution in [0.5, 0.6) is 5.75 Å². The lowest BCUT2D eigenvalue weighted by Crippen LogP contribution is -1.99. The number of nitriles is 1. The quantitative estimate of drug-likeness (QED) is 0.541. The first kappa shape index (κ1) is 15.7. The van der Waals surface area contributed by atoms with Crippen LogP contribution in [0.25, 0.3) is 28.4 Å². The highest BCUT2D eigenvalue weighted by Crippen LogP contribution is 2.29. The highest BCUT2D eigenvalue weighted by Gasteiger charge is 2.15. The lowest BCUT2D eigenvalue weighted by Gasteiger charge is -2.06. The molecule has 0 saturated heterocycles. The second-order valence-electron chi connectivity index (χ2n) is 5.69. The van der Waals surface area contributed by atoms with Gasteiger partial charge in [0, 0.05) is 5.56 Å². The van der Waals surface area contributed by atoms with Gasteiger partial charge in [-0.1, -0.05) is 12.1 Å². The van der Waals surface area contributed by atoms with Crippen molar-refractivity contribution in [2.24, 2.45) is 0 Å². The molecule has 0 fully saturated rings. The number of rotatable bonds is 4. The average Bonchev–Trinajstić information content (AvgIpc) is 3.38. The number of hydrogen-bond acceptors (Lipinski definition) is 4. The fourth-order valence-electron chi connectivity index (χ4n) is 2.76. The van der Waals surface area contributed by atoms with Gasteiger partial charge in [0.15, 0.2) is 5.76 Å². The standard InChI is InChI=1S/C21H15N3O2/c1-25-18-10-8-17(9-11-18)24-20(21-3-2-12-26-21)13-19(23-24)16-6-4-15(14-22)5-7-16/h2-13H,1H3. The van der Waals surface area contributed by atoms with Crippen molar-refractivity contribution >= 4 is 0 Å². The molecular formula is C21H15N3O2. The van der Waals surface area contributed by atoms with Gasteiger partial charge < -0.3 is 9.15 Å². The van der Waals surface area contributed by atoms with E-state index in [2.05, 4.69) is 6.07 Å². The topological polar surface area (TPSA) is 64.0 Å². The van der Waals surface area contributed by atoms with Crippen LogP contribution < -0.4 is 4.74 Å². The number of benzene rings is 2. The number of aromatic nitrogens is 2. The van der Waals surface area contributed by atoms with Crippen LogP contribution >= 0.6 is 0 Å². The first-order chi connectivity index (χ1) is 12.8. The van der Waals surface area contributed by atoms with E-state index in [1.807, 2.05) is 59.3 Å². The van der Waals surface area contributed by atoms with Gasteiger partial charge in [-0.05, 0) is 54.6 Å². The first-order valence-corrected chi connectivity index (χ1v) is 8.07. The number of ether oxygens (including phenoxy) is 1. The van der Waals surface area contributed by atoms with E-state index >= 15 is 0 Å². The van der Waals surface area contributed by atoms with E-state index < -0.39 is 0 Å². The minimum Gasteiger partial charge on any atom is -0.497 e. The van der Waals surface area contributed by atoms with Gasteiger partial charge >= 0.3 is 0 Å². The van der Waals surface area contributed by atoms with E-state index in [4.69, 9.17) is 19.5 Å². The Kier molecular flexibility index (Phi) is 4.00. The molecule has 0 saturated carbocycles. The van der Waals surface area contributed by atoms with Gasteiger partial charge in [0.05, 0.1) is 36.4 Å². The molecule has 0 N–H and O–H groups in total. The molecule has 2 aromatic heterocycles. The smallest absolute Gasteiger partial charge is 0.152 e. The highest BCUT2D eigenvalue weighted by atomic mass is 16.5. The molecule has 0 amide bonds. The van der Waals surface area contributed by atoms with Crippen LogP contribution in [0.15, 0.2) is 77.4 Å².